The summed E-state index contributed by atoms with van der Waals surface area (Å²) in [5, 5.41) is 3.11. The molecule has 1 heterocycles. The lowest BCUT2D eigenvalue weighted by atomic mass is 10.3. The Labute approximate surface area is 85.4 Å². The second-order valence-electron chi connectivity index (χ2n) is 3.41. The fourth-order valence-corrected chi connectivity index (χ4v) is 1.31. The monoisotopic (exact) mass is 194 g/mol. The number of anilines is 1. The summed E-state index contributed by atoms with van der Waals surface area (Å²) in [6.07, 6.45) is 2.78. The molecule has 0 aliphatic carbocycles. The van der Waals surface area contributed by atoms with Gasteiger partial charge in [0.25, 0.3) is 0 Å². The van der Waals surface area contributed by atoms with Crippen LogP contribution in [0.4, 0.5) is 5.82 Å². The summed E-state index contributed by atoms with van der Waals surface area (Å²) < 4.78 is 0. The average Bonchev–Trinajstić information content (AvgIpc) is 2.18. The van der Waals surface area contributed by atoms with Gasteiger partial charge in [0, 0.05) is 38.8 Å². The first kappa shape index (κ1) is 10.9. The highest BCUT2D eigenvalue weighted by Crippen LogP contribution is 2.14. The van der Waals surface area contributed by atoms with Gasteiger partial charge in [-0.05, 0) is 7.05 Å². The Morgan fingerprint density at radius 1 is 1.43 bits per heavy atom. The topological polar surface area (TPSA) is 41.1 Å². The molecule has 4 nitrogen and oxygen atoms in total. The molecule has 1 rings (SSSR count). The maximum atomic E-state index is 4.48. The zero-order valence-electron chi connectivity index (χ0n) is 9.33. The van der Waals surface area contributed by atoms with E-state index in [9.17, 15) is 0 Å². The van der Waals surface area contributed by atoms with Crippen molar-refractivity contribution in [2.45, 2.75) is 19.9 Å². The van der Waals surface area contributed by atoms with Crippen molar-refractivity contribution >= 4 is 5.82 Å². The van der Waals surface area contributed by atoms with Gasteiger partial charge in [-0.25, -0.2) is 9.97 Å². The molecular weight excluding hydrogens is 176 g/mol. The van der Waals surface area contributed by atoms with E-state index in [1.165, 1.54) is 0 Å². The van der Waals surface area contributed by atoms with Crippen LogP contribution in [0.25, 0.3) is 0 Å². The van der Waals surface area contributed by atoms with Gasteiger partial charge in [0.2, 0.25) is 0 Å². The largest absolute Gasteiger partial charge is 0.362 e. The zero-order valence-corrected chi connectivity index (χ0v) is 9.33. The van der Waals surface area contributed by atoms with E-state index in [4.69, 9.17) is 0 Å². The number of rotatable bonds is 4. The van der Waals surface area contributed by atoms with E-state index in [0.717, 1.165) is 30.2 Å². The number of hydrogen-bond acceptors (Lipinski definition) is 4. The van der Waals surface area contributed by atoms with Crippen LogP contribution in [0.3, 0.4) is 0 Å². The Morgan fingerprint density at radius 3 is 2.64 bits per heavy atom. The van der Waals surface area contributed by atoms with E-state index in [1.807, 2.05) is 32.2 Å². The summed E-state index contributed by atoms with van der Waals surface area (Å²) in [5.41, 5.74) is 1.13. The predicted octanol–water partition coefficient (Wildman–Crippen LogP) is 0.824. The van der Waals surface area contributed by atoms with Crippen LogP contribution in [-0.4, -0.2) is 31.1 Å². The minimum Gasteiger partial charge on any atom is -0.362 e. The van der Waals surface area contributed by atoms with Gasteiger partial charge in [0.05, 0.1) is 0 Å². The standard InChI is InChI=1S/C10H18N4/c1-5-9-12-7-8(6-11-2)10(13-9)14(3)4/h7,11H,5-6H2,1-4H3. The van der Waals surface area contributed by atoms with Crippen LogP contribution in [0, 0.1) is 0 Å². The molecule has 0 fully saturated rings. The summed E-state index contributed by atoms with van der Waals surface area (Å²) in [6, 6.07) is 0. The molecule has 4 heteroatoms. The van der Waals surface area contributed by atoms with Gasteiger partial charge in [0.1, 0.15) is 11.6 Å². The van der Waals surface area contributed by atoms with Gasteiger partial charge >= 0.3 is 0 Å². The Balaban J connectivity index is 3.03. The molecule has 0 aromatic carbocycles. The van der Waals surface area contributed by atoms with Crippen molar-refractivity contribution in [2.24, 2.45) is 0 Å². The Hall–Kier alpha value is -1.16. The van der Waals surface area contributed by atoms with Crippen LogP contribution in [0.2, 0.25) is 0 Å². The molecule has 0 spiro atoms. The van der Waals surface area contributed by atoms with E-state index < -0.39 is 0 Å². The Kier molecular flexibility index (Phi) is 3.83. The van der Waals surface area contributed by atoms with Gasteiger partial charge < -0.3 is 10.2 Å². The van der Waals surface area contributed by atoms with Gasteiger partial charge in [-0.15, -0.1) is 0 Å². The molecule has 1 N–H and O–H groups in total. The van der Waals surface area contributed by atoms with Crippen LogP contribution >= 0.6 is 0 Å². The van der Waals surface area contributed by atoms with Crippen molar-refractivity contribution in [1.82, 2.24) is 15.3 Å². The lowest BCUT2D eigenvalue weighted by Gasteiger charge is -2.16. The quantitative estimate of drug-likeness (QED) is 0.770. The molecule has 0 aliphatic rings. The van der Waals surface area contributed by atoms with Gasteiger partial charge in [-0.1, -0.05) is 6.92 Å². The third-order valence-electron chi connectivity index (χ3n) is 2.00. The van der Waals surface area contributed by atoms with Crippen LogP contribution < -0.4 is 10.2 Å². The van der Waals surface area contributed by atoms with E-state index in [0.29, 0.717) is 0 Å². The molecule has 0 bridgehead atoms. The smallest absolute Gasteiger partial charge is 0.136 e. The van der Waals surface area contributed by atoms with Crippen LogP contribution in [0.15, 0.2) is 6.20 Å². The van der Waals surface area contributed by atoms with Crippen molar-refractivity contribution in [3.63, 3.8) is 0 Å². The first-order valence-corrected chi connectivity index (χ1v) is 4.85. The molecule has 0 aliphatic heterocycles. The molecule has 0 unspecified atom stereocenters. The average molecular weight is 194 g/mol. The third kappa shape index (κ3) is 2.42. The molecule has 0 radical (unpaired) electrons. The summed E-state index contributed by atoms with van der Waals surface area (Å²) in [4.78, 5) is 10.8. The SMILES string of the molecule is CCc1ncc(CNC)c(N(C)C)n1. The molecule has 0 saturated carbocycles. The van der Waals surface area contributed by atoms with Crippen molar-refractivity contribution in [3.05, 3.63) is 17.6 Å². The third-order valence-corrected chi connectivity index (χ3v) is 2.00. The normalized spacial score (nSPS) is 10.3. The van der Waals surface area contributed by atoms with E-state index >= 15 is 0 Å². The molecule has 1 aromatic heterocycles. The maximum Gasteiger partial charge on any atom is 0.136 e. The summed E-state index contributed by atoms with van der Waals surface area (Å²) >= 11 is 0. The lowest BCUT2D eigenvalue weighted by Crippen LogP contribution is -2.17. The van der Waals surface area contributed by atoms with Crippen molar-refractivity contribution in [3.8, 4) is 0 Å². The second-order valence-corrected chi connectivity index (χ2v) is 3.41. The highest BCUT2D eigenvalue weighted by Gasteiger charge is 2.07. The fourth-order valence-electron chi connectivity index (χ4n) is 1.31. The number of nitrogens with zero attached hydrogens (tertiary/aromatic N) is 3. The molecular formula is C10H18N4. The van der Waals surface area contributed by atoms with E-state index in [1.54, 1.807) is 0 Å². The van der Waals surface area contributed by atoms with Gasteiger partial charge in [-0.2, -0.15) is 0 Å². The minimum atomic E-state index is 0.803. The highest BCUT2D eigenvalue weighted by molar-refractivity contribution is 5.44. The number of aryl methyl sites for hydroxylation is 1. The van der Waals surface area contributed by atoms with E-state index in [2.05, 4.69) is 22.2 Å². The highest BCUT2D eigenvalue weighted by atomic mass is 15.2. The fraction of sp³-hybridized carbons (Fsp3) is 0.600. The molecule has 0 saturated heterocycles. The number of hydrogen-bond donors (Lipinski definition) is 1. The van der Waals surface area contributed by atoms with Gasteiger partial charge in [0.15, 0.2) is 0 Å². The van der Waals surface area contributed by atoms with Gasteiger partial charge in [-0.3, -0.25) is 0 Å². The molecule has 78 valence electrons. The molecule has 14 heavy (non-hydrogen) atoms. The summed E-state index contributed by atoms with van der Waals surface area (Å²) in [6.45, 7) is 2.87. The Morgan fingerprint density at radius 2 is 2.14 bits per heavy atom. The summed E-state index contributed by atoms with van der Waals surface area (Å²) in [5.74, 6) is 1.90. The second kappa shape index (κ2) is 4.91. The minimum absolute atomic E-state index is 0.803. The first-order chi connectivity index (χ1) is 6.69. The summed E-state index contributed by atoms with van der Waals surface area (Å²) in [7, 11) is 5.93. The van der Waals surface area contributed by atoms with E-state index in [-0.39, 0.29) is 0 Å². The molecule has 0 amide bonds. The molecule has 1 aromatic rings. The zero-order chi connectivity index (χ0) is 10.6. The maximum absolute atomic E-state index is 4.48. The Bertz CT molecular complexity index is 296. The van der Waals surface area contributed by atoms with Crippen LogP contribution in [0.5, 0.6) is 0 Å². The van der Waals surface area contributed by atoms with Crippen LogP contribution in [0.1, 0.15) is 18.3 Å². The van der Waals surface area contributed by atoms with Crippen molar-refractivity contribution in [2.75, 3.05) is 26.0 Å². The van der Waals surface area contributed by atoms with Crippen LogP contribution in [-0.2, 0) is 13.0 Å². The predicted molar refractivity (Wildman–Crippen MR) is 58.5 cm³/mol. The molecule has 0 atom stereocenters. The first-order valence-electron chi connectivity index (χ1n) is 4.85. The number of aromatic nitrogens is 2. The van der Waals surface area contributed by atoms with Crippen molar-refractivity contribution in [1.29, 1.82) is 0 Å². The number of nitrogens with one attached hydrogen (secondary N) is 1. The van der Waals surface area contributed by atoms with Crippen molar-refractivity contribution < 1.29 is 0 Å². The lowest BCUT2D eigenvalue weighted by molar-refractivity contribution is 0.789.